The molecule has 0 saturated carbocycles. The number of nitrogens with zero attached hydrogens (tertiary/aromatic N) is 2. The van der Waals surface area contributed by atoms with E-state index in [4.69, 9.17) is 4.52 Å². The quantitative estimate of drug-likeness (QED) is 0.870. The molecule has 0 unspecified atom stereocenters. The maximum absolute atomic E-state index is 12.0. The lowest BCUT2D eigenvalue weighted by molar-refractivity contribution is -0.121. The summed E-state index contributed by atoms with van der Waals surface area (Å²) >= 11 is 0. The maximum atomic E-state index is 12.0. The minimum atomic E-state index is -0.104. The van der Waals surface area contributed by atoms with Crippen LogP contribution in [0.4, 0.5) is 5.82 Å². The molecule has 1 aliphatic rings. The van der Waals surface area contributed by atoms with Crippen molar-refractivity contribution in [3.63, 3.8) is 0 Å². The number of rotatable bonds is 3. The Bertz CT molecular complexity index is 383. The monoisotopic (exact) mass is 237 g/mol. The van der Waals surface area contributed by atoms with E-state index in [-0.39, 0.29) is 11.9 Å². The van der Waals surface area contributed by atoms with Gasteiger partial charge in [0.2, 0.25) is 5.91 Å². The average Bonchev–Trinajstić information content (AvgIpc) is 2.75. The first kappa shape index (κ1) is 12.1. The summed E-state index contributed by atoms with van der Waals surface area (Å²) in [6, 6.07) is 1.62. The van der Waals surface area contributed by atoms with Crippen LogP contribution in [0.25, 0.3) is 0 Å². The van der Waals surface area contributed by atoms with E-state index < -0.39 is 0 Å². The fourth-order valence-electron chi connectivity index (χ4n) is 2.13. The topological polar surface area (TPSA) is 58.4 Å². The Morgan fingerprint density at radius 3 is 2.76 bits per heavy atom. The number of anilines is 1. The number of carbonyl (C=O) groups is 1. The van der Waals surface area contributed by atoms with Crippen molar-refractivity contribution in [1.82, 2.24) is 10.1 Å². The molecule has 1 saturated heterocycles. The number of nitrogens with one attached hydrogen (secondary N) is 1. The van der Waals surface area contributed by atoms with Gasteiger partial charge in [0.05, 0.1) is 6.04 Å². The van der Waals surface area contributed by atoms with Gasteiger partial charge in [-0.25, -0.2) is 0 Å². The number of likely N-dealkylation sites (tertiary alicyclic amines) is 1. The zero-order valence-electron chi connectivity index (χ0n) is 10.4. The van der Waals surface area contributed by atoms with Gasteiger partial charge in [-0.2, -0.15) is 0 Å². The molecule has 0 bridgehead atoms. The molecule has 1 amide bonds. The Morgan fingerprint density at radius 1 is 1.47 bits per heavy atom. The minimum absolute atomic E-state index is 0.0137. The normalized spacial score (nSPS) is 18.9. The molecule has 1 atom stereocenters. The molecule has 0 aromatic carbocycles. The van der Waals surface area contributed by atoms with E-state index in [1.54, 1.807) is 13.0 Å². The van der Waals surface area contributed by atoms with Crippen LogP contribution in [-0.4, -0.2) is 35.1 Å². The van der Waals surface area contributed by atoms with E-state index in [1.807, 2.05) is 6.92 Å². The third-order valence-electron chi connectivity index (χ3n) is 3.20. The van der Waals surface area contributed by atoms with Gasteiger partial charge in [-0.05, 0) is 39.8 Å². The van der Waals surface area contributed by atoms with Crippen molar-refractivity contribution >= 4 is 11.7 Å². The lowest BCUT2D eigenvalue weighted by atomic mass is 10.1. The molecule has 5 heteroatoms. The van der Waals surface area contributed by atoms with E-state index in [1.165, 1.54) is 19.3 Å². The molecule has 94 valence electrons. The number of hydrogen-bond acceptors (Lipinski definition) is 4. The number of amides is 1. The van der Waals surface area contributed by atoms with Crippen LogP contribution in [0.15, 0.2) is 10.6 Å². The van der Waals surface area contributed by atoms with Gasteiger partial charge in [0.1, 0.15) is 5.76 Å². The van der Waals surface area contributed by atoms with E-state index in [0.29, 0.717) is 11.6 Å². The van der Waals surface area contributed by atoms with Gasteiger partial charge in [-0.15, -0.1) is 0 Å². The minimum Gasteiger partial charge on any atom is -0.360 e. The molecule has 0 aliphatic carbocycles. The van der Waals surface area contributed by atoms with Crippen LogP contribution in [0.2, 0.25) is 0 Å². The van der Waals surface area contributed by atoms with E-state index >= 15 is 0 Å². The Morgan fingerprint density at radius 2 is 2.18 bits per heavy atom. The summed E-state index contributed by atoms with van der Waals surface area (Å²) in [6.45, 7) is 5.75. The zero-order valence-corrected chi connectivity index (χ0v) is 10.4. The summed E-state index contributed by atoms with van der Waals surface area (Å²) in [5.41, 5.74) is 0. The van der Waals surface area contributed by atoms with E-state index in [9.17, 15) is 4.79 Å². The van der Waals surface area contributed by atoms with Crippen LogP contribution in [0.3, 0.4) is 0 Å². The number of carbonyl (C=O) groups excluding carboxylic acids is 1. The van der Waals surface area contributed by atoms with Crippen LogP contribution in [0.1, 0.15) is 31.9 Å². The Balaban J connectivity index is 1.90. The summed E-state index contributed by atoms with van der Waals surface area (Å²) in [5.74, 6) is 1.18. The molecule has 5 nitrogen and oxygen atoms in total. The smallest absolute Gasteiger partial charge is 0.242 e. The first-order valence-electron chi connectivity index (χ1n) is 6.15. The van der Waals surface area contributed by atoms with Gasteiger partial charge in [-0.3, -0.25) is 9.69 Å². The molecule has 1 aromatic heterocycles. The van der Waals surface area contributed by atoms with Crippen molar-refractivity contribution in [2.45, 2.75) is 39.2 Å². The van der Waals surface area contributed by atoms with Crippen molar-refractivity contribution in [3.05, 3.63) is 11.8 Å². The second kappa shape index (κ2) is 5.31. The van der Waals surface area contributed by atoms with Crippen LogP contribution in [-0.2, 0) is 4.79 Å². The third-order valence-corrected chi connectivity index (χ3v) is 3.20. The highest BCUT2D eigenvalue weighted by atomic mass is 16.5. The highest BCUT2D eigenvalue weighted by molar-refractivity contribution is 5.93. The van der Waals surface area contributed by atoms with Gasteiger partial charge in [0, 0.05) is 6.07 Å². The predicted molar refractivity (Wildman–Crippen MR) is 64.8 cm³/mol. The fourth-order valence-corrected chi connectivity index (χ4v) is 2.13. The van der Waals surface area contributed by atoms with Crippen molar-refractivity contribution in [1.29, 1.82) is 0 Å². The van der Waals surface area contributed by atoms with Gasteiger partial charge < -0.3 is 9.84 Å². The first-order chi connectivity index (χ1) is 8.16. The molecule has 2 rings (SSSR count). The first-order valence-corrected chi connectivity index (χ1v) is 6.15. The molecule has 1 aromatic rings. The summed E-state index contributed by atoms with van der Waals surface area (Å²) in [6.07, 6.45) is 3.63. The second-order valence-electron chi connectivity index (χ2n) is 4.58. The molecule has 2 heterocycles. The molecule has 0 spiro atoms. The van der Waals surface area contributed by atoms with Crippen molar-refractivity contribution in [2.75, 3.05) is 18.4 Å². The zero-order chi connectivity index (χ0) is 12.3. The average molecular weight is 237 g/mol. The molecule has 17 heavy (non-hydrogen) atoms. The maximum Gasteiger partial charge on any atom is 0.242 e. The molecule has 1 aliphatic heterocycles. The van der Waals surface area contributed by atoms with Crippen LogP contribution in [0, 0.1) is 6.92 Å². The van der Waals surface area contributed by atoms with E-state index in [0.717, 1.165) is 13.1 Å². The molecular formula is C12H19N3O2. The molecule has 1 N–H and O–H groups in total. The van der Waals surface area contributed by atoms with E-state index in [2.05, 4.69) is 15.4 Å². The second-order valence-corrected chi connectivity index (χ2v) is 4.58. The largest absolute Gasteiger partial charge is 0.360 e. The predicted octanol–water partition coefficient (Wildman–Crippen LogP) is 1.80. The third kappa shape index (κ3) is 3.06. The SMILES string of the molecule is Cc1cc(NC(=O)[C@@H](C)N2CCCCC2)no1. The Kier molecular flexibility index (Phi) is 3.78. The van der Waals surface area contributed by atoms with Crippen LogP contribution < -0.4 is 5.32 Å². The number of piperidine rings is 1. The lowest BCUT2D eigenvalue weighted by Gasteiger charge is -2.31. The van der Waals surface area contributed by atoms with Gasteiger partial charge in [0.15, 0.2) is 5.82 Å². The van der Waals surface area contributed by atoms with Gasteiger partial charge >= 0.3 is 0 Å². The molecule has 1 fully saturated rings. The van der Waals surface area contributed by atoms with Crippen molar-refractivity contribution in [2.24, 2.45) is 0 Å². The summed E-state index contributed by atoms with van der Waals surface area (Å²) in [4.78, 5) is 14.2. The summed E-state index contributed by atoms with van der Waals surface area (Å²) < 4.78 is 4.91. The fraction of sp³-hybridized carbons (Fsp3) is 0.667. The van der Waals surface area contributed by atoms with Gasteiger partial charge in [0.25, 0.3) is 0 Å². The lowest BCUT2D eigenvalue weighted by Crippen LogP contribution is -2.44. The summed E-state index contributed by atoms with van der Waals surface area (Å²) in [7, 11) is 0. The Labute approximate surface area is 101 Å². The van der Waals surface area contributed by atoms with Crippen LogP contribution in [0.5, 0.6) is 0 Å². The van der Waals surface area contributed by atoms with Crippen molar-refractivity contribution in [3.8, 4) is 0 Å². The Hall–Kier alpha value is -1.36. The number of aryl methyl sites for hydroxylation is 1. The molecule has 0 radical (unpaired) electrons. The van der Waals surface area contributed by atoms with Crippen molar-refractivity contribution < 1.29 is 9.32 Å². The number of aromatic nitrogens is 1. The number of hydrogen-bond donors (Lipinski definition) is 1. The summed E-state index contributed by atoms with van der Waals surface area (Å²) in [5, 5.41) is 6.53. The highest BCUT2D eigenvalue weighted by Gasteiger charge is 2.23. The highest BCUT2D eigenvalue weighted by Crippen LogP contribution is 2.14. The van der Waals surface area contributed by atoms with Crippen LogP contribution >= 0.6 is 0 Å². The standard InChI is InChI=1S/C12H19N3O2/c1-9-8-11(14-17-9)13-12(16)10(2)15-6-4-3-5-7-15/h8,10H,3-7H2,1-2H3,(H,13,14,16)/t10-/m1/s1. The molecular weight excluding hydrogens is 218 g/mol. The van der Waals surface area contributed by atoms with Gasteiger partial charge in [-0.1, -0.05) is 11.6 Å².